The van der Waals surface area contributed by atoms with Gasteiger partial charge in [-0.1, -0.05) is 18.2 Å². The van der Waals surface area contributed by atoms with Crippen molar-refractivity contribution < 1.29 is 13.2 Å². The highest BCUT2D eigenvalue weighted by Gasteiger charge is 2.16. The van der Waals surface area contributed by atoms with Gasteiger partial charge in [-0.05, 0) is 23.8 Å². The van der Waals surface area contributed by atoms with E-state index >= 15 is 0 Å². The second-order valence-corrected chi connectivity index (χ2v) is 4.37. The molecule has 2 aromatic carbocycles. The minimum absolute atomic E-state index is 0.379. The summed E-state index contributed by atoms with van der Waals surface area (Å²) in [5.41, 5.74) is 7.86. The van der Waals surface area contributed by atoms with Gasteiger partial charge in [0.1, 0.15) is 17.2 Å². The van der Waals surface area contributed by atoms with Crippen LogP contribution in [0.4, 0.5) is 8.78 Å². The van der Waals surface area contributed by atoms with E-state index in [0.717, 1.165) is 11.5 Å². The summed E-state index contributed by atoms with van der Waals surface area (Å²) in [6.07, 6.45) is 1.53. The highest BCUT2D eigenvalue weighted by molar-refractivity contribution is 5.81. The third-order valence-electron chi connectivity index (χ3n) is 3.09. The minimum atomic E-state index is -0.641. The molecule has 0 saturated carbocycles. The van der Waals surface area contributed by atoms with Crippen molar-refractivity contribution in [3.63, 3.8) is 0 Å². The molecule has 0 spiro atoms. The van der Waals surface area contributed by atoms with Crippen LogP contribution in [-0.4, -0.2) is 0 Å². The summed E-state index contributed by atoms with van der Waals surface area (Å²) in [5, 5.41) is 0.847. The van der Waals surface area contributed by atoms with Crippen molar-refractivity contribution in [2.24, 2.45) is 5.73 Å². The van der Waals surface area contributed by atoms with Crippen molar-refractivity contribution in [2.45, 2.75) is 6.04 Å². The lowest BCUT2D eigenvalue weighted by atomic mass is 9.99. The number of hydrogen-bond donors (Lipinski definition) is 1. The first-order valence-corrected chi connectivity index (χ1v) is 5.83. The average molecular weight is 259 g/mol. The van der Waals surface area contributed by atoms with Gasteiger partial charge < -0.3 is 10.2 Å². The van der Waals surface area contributed by atoms with Gasteiger partial charge in [-0.3, -0.25) is 0 Å². The molecule has 2 nitrogen and oxygen atoms in total. The van der Waals surface area contributed by atoms with Crippen molar-refractivity contribution >= 4 is 11.0 Å². The molecule has 96 valence electrons. The molecule has 0 saturated heterocycles. The molecule has 1 unspecified atom stereocenters. The van der Waals surface area contributed by atoms with Crippen LogP contribution in [0.1, 0.15) is 17.2 Å². The molecular weight excluding hydrogens is 248 g/mol. The molecule has 1 aromatic heterocycles. The summed E-state index contributed by atoms with van der Waals surface area (Å²) < 4.78 is 31.8. The summed E-state index contributed by atoms with van der Waals surface area (Å²) in [4.78, 5) is 0. The van der Waals surface area contributed by atoms with Gasteiger partial charge in [0, 0.05) is 17.0 Å². The second-order valence-electron chi connectivity index (χ2n) is 4.37. The molecule has 3 rings (SSSR count). The zero-order chi connectivity index (χ0) is 13.4. The third-order valence-corrected chi connectivity index (χ3v) is 3.09. The molecule has 0 amide bonds. The number of halogens is 2. The van der Waals surface area contributed by atoms with Crippen LogP contribution < -0.4 is 5.73 Å². The molecular formula is C15H11F2NO. The van der Waals surface area contributed by atoms with Crippen molar-refractivity contribution in [3.8, 4) is 0 Å². The van der Waals surface area contributed by atoms with Gasteiger partial charge in [-0.25, -0.2) is 8.78 Å². The summed E-state index contributed by atoms with van der Waals surface area (Å²) >= 11 is 0. The quantitative estimate of drug-likeness (QED) is 0.761. The van der Waals surface area contributed by atoms with Crippen LogP contribution in [0.25, 0.3) is 11.0 Å². The Morgan fingerprint density at radius 1 is 1.00 bits per heavy atom. The van der Waals surface area contributed by atoms with Gasteiger partial charge in [0.15, 0.2) is 0 Å². The van der Waals surface area contributed by atoms with Gasteiger partial charge in [-0.2, -0.15) is 0 Å². The fourth-order valence-electron chi connectivity index (χ4n) is 2.17. The van der Waals surface area contributed by atoms with Gasteiger partial charge in [0.2, 0.25) is 0 Å². The number of nitrogens with two attached hydrogens (primary N) is 1. The zero-order valence-corrected chi connectivity index (χ0v) is 9.94. The second kappa shape index (κ2) is 4.48. The first kappa shape index (κ1) is 11.9. The van der Waals surface area contributed by atoms with E-state index in [0.29, 0.717) is 16.7 Å². The molecule has 3 aromatic rings. The fourth-order valence-corrected chi connectivity index (χ4v) is 2.17. The molecule has 0 aliphatic carbocycles. The Kier molecular flexibility index (Phi) is 2.80. The van der Waals surface area contributed by atoms with E-state index < -0.39 is 17.7 Å². The van der Waals surface area contributed by atoms with E-state index in [-0.39, 0.29) is 0 Å². The van der Waals surface area contributed by atoms with E-state index in [1.165, 1.54) is 18.4 Å². The van der Waals surface area contributed by atoms with Crippen LogP contribution in [0, 0.1) is 11.6 Å². The normalized spacial score (nSPS) is 12.8. The number of fused-ring (bicyclic) bond motifs is 1. The molecule has 0 aliphatic rings. The Morgan fingerprint density at radius 3 is 2.42 bits per heavy atom. The summed E-state index contributed by atoms with van der Waals surface area (Å²) in [6.45, 7) is 0. The lowest BCUT2D eigenvalue weighted by molar-refractivity contribution is 0.575. The highest BCUT2D eigenvalue weighted by atomic mass is 19.1. The van der Waals surface area contributed by atoms with Crippen molar-refractivity contribution in [1.82, 2.24) is 0 Å². The molecule has 4 heteroatoms. The maximum absolute atomic E-state index is 13.2. The molecule has 0 fully saturated rings. The number of benzene rings is 2. The Bertz CT molecular complexity index is 716. The molecule has 1 heterocycles. The predicted molar refractivity (Wildman–Crippen MR) is 68.6 cm³/mol. The van der Waals surface area contributed by atoms with Crippen LogP contribution in [0.2, 0.25) is 0 Å². The zero-order valence-electron chi connectivity index (χ0n) is 9.94. The van der Waals surface area contributed by atoms with Crippen LogP contribution >= 0.6 is 0 Å². The molecule has 1 atom stereocenters. The maximum Gasteiger partial charge on any atom is 0.134 e. The highest BCUT2D eigenvalue weighted by Crippen LogP contribution is 2.29. The molecule has 0 radical (unpaired) electrons. The fraction of sp³-hybridized carbons (Fsp3) is 0.0667. The topological polar surface area (TPSA) is 39.2 Å². The summed E-state index contributed by atoms with van der Waals surface area (Å²) in [6, 6.07) is 10.0. The van der Waals surface area contributed by atoms with E-state index in [1.54, 1.807) is 0 Å². The summed E-state index contributed by atoms with van der Waals surface area (Å²) in [5.74, 6) is -1.28. The van der Waals surface area contributed by atoms with E-state index in [9.17, 15) is 8.78 Å². The Morgan fingerprint density at radius 2 is 1.68 bits per heavy atom. The van der Waals surface area contributed by atoms with Gasteiger partial charge >= 0.3 is 0 Å². The standard InChI is InChI=1S/C15H11F2NO/c16-10-5-9(6-11(17)7-10)15(18)13-8-19-14-4-2-1-3-12(13)14/h1-8,15H,18H2. The Hall–Kier alpha value is -2.20. The van der Waals surface area contributed by atoms with Gasteiger partial charge in [0.05, 0.1) is 12.3 Å². The average Bonchev–Trinajstić information content (AvgIpc) is 2.80. The lowest BCUT2D eigenvalue weighted by Crippen LogP contribution is -2.12. The SMILES string of the molecule is NC(c1cc(F)cc(F)c1)c1coc2ccccc12. The van der Waals surface area contributed by atoms with E-state index in [4.69, 9.17) is 10.2 Å². The maximum atomic E-state index is 13.2. The number of para-hydroxylation sites is 1. The predicted octanol–water partition coefficient (Wildman–Crippen LogP) is 3.76. The minimum Gasteiger partial charge on any atom is -0.464 e. The van der Waals surface area contributed by atoms with Crippen molar-refractivity contribution in [1.29, 1.82) is 0 Å². The number of hydrogen-bond acceptors (Lipinski definition) is 2. The van der Waals surface area contributed by atoms with E-state index in [1.807, 2.05) is 24.3 Å². The van der Waals surface area contributed by atoms with Crippen LogP contribution in [-0.2, 0) is 0 Å². The van der Waals surface area contributed by atoms with Crippen molar-refractivity contribution in [3.05, 3.63) is 71.5 Å². The smallest absolute Gasteiger partial charge is 0.134 e. The molecule has 2 N–H and O–H groups in total. The van der Waals surface area contributed by atoms with Gasteiger partial charge in [-0.15, -0.1) is 0 Å². The van der Waals surface area contributed by atoms with Crippen LogP contribution in [0.15, 0.2) is 53.1 Å². The molecule has 0 aliphatic heterocycles. The van der Waals surface area contributed by atoms with Crippen LogP contribution in [0.3, 0.4) is 0 Å². The Balaban J connectivity index is 2.10. The Labute approximate surface area is 108 Å². The molecule has 19 heavy (non-hydrogen) atoms. The van der Waals surface area contributed by atoms with E-state index in [2.05, 4.69) is 0 Å². The van der Waals surface area contributed by atoms with Gasteiger partial charge in [0.25, 0.3) is 0 Å². The van der Waals surface area contributed by atoms with Crippen LogP contribution in [0.5, 0.6) is 0 Å². The third kappa shape index (κ3) is 2.11. The largest absolute Gasteiger partial charge is 0.464 e. The van der Waals surface area contributed by atoms with Crippen molar-refractivity contribution in [2.75, 3.05) is 0 Å². The first-order chi connectivity index (χ1) is 9.15. The molecule has 0 bridgehead atoms. The number of rotatable bonds is 2. The monoisotopic (exact) mass is 259 g/mol. The first-order valence-electron chi connectivity index (χ1n) is 5.83. The number of furan rings is 1. The summed E-state index contributed by atoms with van der Waals surface area (Å²) in [7, 11) is 0. The lowest BCUT2D eigenvalue weighted by Gasteiger charge is -2.11.